The van der Waals surface area contributed by atoms with Gasteiger partial charge >= 0.3 is 0 Å². The summed E-state index contributed by atoms with van der Waals surface area (Å²) < 4.78 is 6.55. The molecule has 0 aliphatic heterocycles. The highest BCUT2D eigenvalue weighted by Crippen LogP contribution is 2.64. The number of para-hydroxylation sites is 1. The largest absolute Gasteiger partial charge is 0.456 e. The van der Waals surface area contributed by atoms with Crippen molar-refractivity contribution in [3.05, 3.63) is 234 Å². The molecule has 2 unspecified atom stereocenters. The molecule has 2 atom stereocenters. The standard InChI is InChI=1S/C58H41NO/c1-57(2)47-22-9-3-17-40(47)44-33-31-37(35-52(44)57)59(53-27-15-29-55-56(53)45-21-8-14-28-54(45)60-55)36-30-32-38-39-16-4-10-23-48(39)58(51-26-13-7-20-43(51)46(38)34-36)49-24-11-5-18-41(49)42-19-6-12-25-50(42)58/h3-35,39,48H,1-2H3. The molecule has 1 heterocycles. The fraction of sp³-hybridized carbons (Fsp3) is 0.103. The van der Waals surface area contributed by atoms with Crippen LogP contribution in [0.4, 0.5) is 17.1 Å². The molecule has 0 amide bonds. The molecule has 0 saturated heterocycles. The summed E-state index contributed by atoms with van der Waals surface area (Å²) in [6.45, 7) is 4.74. The molecular formula is C58H41NO. The van der Waals surface area contributed by atoms with Gasteiger partial charge in [0.1, 0.15) is 11.2 Å². The molecule has 1 aromatic heterocycles. The van der Waals surface area contributed by atoms with Gasteiger partial charge in [0.25, 0.3) is 0 Å². The fourth-order valence-electron chi connectivity index (χ4n) is 11.9. The van der Waals surface area contributed by atoms with Crippen molar-refractivity contribution >= 4 is 39.0 Å². The van der Waals surface area contributed by atoms with Gasteiger partial charge in [-0.3, -0.25) is 0 Å². The fourth-order valence-corrected chi connectivity index (χ4v) is 11.9. The van der Waals surface area contributed by atoms with E-state index in [-0.39, 0.29) is 22.7 Å². The van der Waals surface area contributed by atoms with Crippen LogP contribution in [0.15, 0.2) is 205 Å². The van der Waals surface area contributed by atoms with E-state index in [2.05, 4.69) is 219 Å². The van der Waals surface area contributed by atoms with Crippen LogP contribution in [0.5, 0.6) is 0 Å². The minimum absolute atomic E-state index is 0.146. The van der Waals surface area contributed by atoms with Crippen molar-refractivity contribution in [1.82, 2.24) is 0 Å². The van der Waals surface area contributed by atoms with Crippen molar-refractivity contribution < 1.29 is 4.42 Å². The number of allylic oxidation sites excluding steroid dienone is 4. The third-order valence-corrected chi connectivity index (χ3v) is 14.4. The Morgan fingerprint density at radius 1 is 0.450 bits per heavy atom. The van der Waals surface area contributed by atoms with E-state index in [0.717, 1.165) is 39.0 Å². The van der Waals surface area contributed by atoms with Gasteiger partial charge in [-0.05, 0) is 109 Å². The lowest BCUT2D eigenvalue weighted by Gasteiger charge is -2.42. The lowest BCUT2D eigenvalue weighted by atomic mass is 9.59. The molecule has 0 N–H and O–H groups in total. The predicted octanol–water partition coefficient (Wildman–Crippen LogP) is 15.2. The van der Waals surface area contributed by atoms with E-state index in [1.807, 2.05) is 0 Å². The number of furan rings is 1. The summed E-state index contributed by atoms with van der Waals surface area (Å²) in [7, 11) is 0. The maximum atomic E-state index is 6.55. The summed E-state index contributed by atoms with van der Waals surface area (Å²) in [5.74, 6) is 0.322. The van der Waals surface area contributed by atoms with Crippen molar-refractivity contribution in [2.45, 2.75) is 30.6 Å². The average Bonchev–Trinajstić information content (AvgIpc) is 3.88. The molecular weight excluding hydrogens is 727 g/mol. The smallest absolute Gasteiger partial charge is 0.137 e. The third-order valence-electron chi connectivity index (χ3n) is 14.4. The van der Waals surface area contributed by atoms with Gasteiger partial charge in [0.15, 0.2) is 0 Å². The summed E-state index contributed by atoms with van der Waals surface area (Å²) in [6, 6.07) is 65.8. The number of benzene rings is 8. The molecule has 284 valence electrons. The molecule has 1 spiro atoms. The number of rotatable bonds is 3. The van der Waals surface area contributed by atoms with Gasteiger partial charge in [-0.1, -0.05) is 172 Å². The lowest BCUT2D eigenvalue weighted by molar-refractivity contribution is 0.422. The minimum Gasteiger partial charge on any atom is -0.456 e. The van der Waals surface area contributed by atoms with Crippen molar-refractivity contribution in [3.8, 4) is 33.4 Å². The molecule has 0 fully saturated rings. The number of hydrogen-bond donors (Lipinski definition) is 0. The van der Waals surface area contributed by atoms with Crippen LogP contribution >= 0.6 is 0 Å². The van der Waals surface area contributed by atoms with Gasteiger partial charge < -0.3 is 9.32 Å². The normalized spacial score (nSPS) is 18.0. The first-order valence-electron chi connectivity index (χ1n) is 21.3. The van der Waals surface area contributed by atoms with Crippen molar-refractivity contribution in [1.29, 1.82) is 0 Å². The quantitative estimate of drug-likeness (QED) is 0.178. The van der Waals surface area contributed by atoms with Crippen LogP contribution in [0.25, 0.3) is 55.3 Å². The van der Waals surface area contributed by atoms with Crippen LogP contribution in [-0.2, 0) is 10.8 Å². The highest BCUT2D eigenvalue weighted by molar-refractivity contribution is 6.13. The topological polar surface area (TPSA) is 16.4 Å². The first-order chi connectivity index (χ1) is 29.5. The second-order valence-corrected chi connectivity index (χ2v) is 17.5. The van der Waals surface area contributed by atoms with Gasteiger partial charge in [0, 0.05) is 34.0 Å². The number of fused-ring (bicyclic) bond motifs is 18. The molecule has 13 rings (SSSR count). The minimum atomic E-state index is -0.379. The lowest BCUT2D eigenvalue weighted by Crippen LogP contribution is -2.38. The molecule has 8 aromatic carbocycles. The molecule has 0 bridgehead atoms. The van der Waals surface area contributed by atoms with E-state index < -0.39 is 0 Å². The summed E-state index contributed by atoms with van der Waals surface area (Å²) in [5.41, 5.74) is 20.7. The van der Waals surface area contributed by atoms with E-state index >= 15 is 0 Å². The zero-order valence-corrected chi connectivity index (χ0v) is 33.6. The monoisotopic (exact) mass is 767 g/mol. The summed E-state index contributed by atoms with van der Waals surface area (Å²) in [5, 5.41) is 2.23. The Balaban J connectivity index is 1.09. The third kappa shape index (κ3) is 4.33. The Labute approximate surface area is 350 Å². The van der Waals surface area contributed by atoms with Gasteiger partial charge in [-0.25, -0.2) is 0 Å². The molecule has 4 aliphatic rings. The second-order valence-electron chi connectivity index (χ2n) is 17.5. The maximum absolute atomic E-state index is 6.55. The number of anilines is 3. The van der Waals surface area contributed by atoms with Gasteiger partial charge in [0.2, 0.25) is 0 Å². The van der Waals surface area contributed by atoms with Crippen LogP contribution in [0.2, 0.25) is 0 Å². The Hall–Kier alpha value is -7.16. The van der Waals surface area contributed by atoms with Crippen molar-refractivity contribution in [2.24, 2.45) is 5.92 Å². The SMILES string of the molecule is CC1(C)c2ccccc2-c2ccc(N(c3ccc4c(c3)-c3ccccc3C3(c5ccccc5-c5ccccc53)C3C=CC=CC43)c3cccc4oc5ccccc5c34)cc21. The van der Waals surface area contributed by atoms with Gasteiger partial charge in [-0.15, -0.1) is 0 Å². The van der Waals surface area contributed by atoms with Crippen LogP contribution < -0.4 is 4.90 Å². The number of hydrogen-bond acceptors (Lipinski definition) is 2. The zero-order valence-electron chi connectivity index (χ0n) is 33.6. The summed E-state index contributed by atoms with van der Waals surface area (Å²) >= 11 is 0. The van der Waals surface area contributed by atoms with Crippen LogP contribution in [0.1, 0.15) is 53.1 Å². The van der Waals surface area contributed by atoms with Crippen LogP contribution in [-0.4, -0.2) is 0 Å². The zero-order chi connectivity index (χ0) is 39.7. The molecule has 0 saturated carbocycles. The average molecular weight is 768 g/mol. The van der Waals surface area contributed by atoms with E-state index in [9.17, 15) is 0 Å². The Kier molecular flexibility index (Phi) is 6.86. The molecule has 60 heavy (non-hydrogen) atoms. The summed E-state index contributed by atoms with van der Waals surface area (Å²) in [6.07, 6.45) is 9.48. The molecule has 9 aromatic rings. The number of nitrogens with zero attached hydrogens (tertiary/aromatic N) is 1. The van der Waals surface area contributed by atoms with Gasteiger partial charge in [-0.2, -0.15) is 0 Å². The second kappa shape index (κ2) is 12.2. The van der Waals surface area contributed by atoms with Gasteiger partial charge in [0.05, 0.1) is 16.5 Å². The van der Waals surface area contributed by atoms with Crippen molar-refractivity contribution in [3.63, 3.8) is 0 Å². The predicted molar refractivity (Wildman–Crippen MR) is 248 cm³/mol. The Bertz CT molecular complexity index is 3290. The van der Waals surface area contributed by atoms with E-state index in [1.165, 1.54) is 66.8 Å². The van der Waals surface area contributed by atoms with E-state index in [4.69, 9.17) is 4.42 Å². The molecule has 2 heteroatoms. The van der Waals surface area contributed by atoms with E-state index in [1.54, 1.807) is 0 Å². The Morgan fingerprint density at radius 3 is 1.73 bits per heavy atom. The van der Waals surface area contributed by atoms with Crippen LogP contribution in [0.3, 0.4) is 0 Å². The van der Waals surface area contributed by atoms with Crippen molar-refractivity contribution in [2.75, 3.05) is 4.90 Å². The van der Waals surface area contributed by atoms with Crippen LogP contribution in [0, 0.1) is 5.92 Å². The molecule has 0 radical (unpaired) electrons. The molecule has 2 nitrogen and oxygen atoms in total. The summed E-state index contributed by atoms with van der Waals surface area (Å²) in [4.78, 5) is 2.49. The Morgan fingerprint density at radius 2 is 1.00 bits per heavy atom. The highest BCUT2D eigenvalue weighted by Gasteiger charge is 2.54. The maximum Gasteiger partial charge on any atom is 0.137 e. The molecule has 4 aliphatic carbocycles. The highest BCUT2D eigenvalue weighted by atomic mass is 16.3. The van der Waals surface area contributed by atoms with E-state index in [0.29, 0.717) is 0 Å². The first kappa shape index (κ1) is 33.8. The first-order valence-corrected chi connectivity index (χ1v) is 21.3.